The number of aromatic nitrogens is 1. The third kappa shape index (κ3) is 4.19. The van der Waals surface area contributed by atoms with Crippen molar-refractivity contribution < 1.29 is 4.74 Å². The third-order valence-corrected chi connectivity index (χ3v) is 4.89. The lowest BCUT2D eigenvalue weighted by Crippen LogP contribution is -2.15. The lowest BCUT2D eigenvalue weighted by atomic mass is 10.2. The molecule has 1 aliphatic rings. The summed E-state index contributed by atoms with van der Waals surface area (Å²) >= 11 is 7.96. The van der Waals surface area contributed by atoms with Gasteiger partial charge >= 0.3 is 0 Å². The number of hydrogen-bond acceptors (Lipinski definition) is 4. The summed E-state index contributed by atoms with van der Waals surface area (Å²) in [5, 5.41) is 4.17. The Morgan fingerprint density at radius 2 is 2.29 bits per heavy atom. The number of benzene rings is 1. The summed E-state index contributed by atoms with van der Waals surface area (Å²) in [6.07, 6.45) is 3.47. The highest BCUT2D eigenvalue weighted by Crippen LogP contribution is 2.27. The molecule has 1 aliphatic carbocycles. The van der Waals surface area contributed by atoms with Gasteiger partial charge in [0.1, 0.15) is 5.75 Å². The molecule has 0 atom stereocenters. The van der Waals surface area contributed by atoms with Crippen LogP contribution < -0.4 is 10.1 Å². The van der Waals surface area contributed by atoms with Gasteiger partial charge in [0.25, 0.3) is 0 Å². The van der Waals surface area contributed by atoms with Crippen LogP contribution in [-0.2, 0) is 13.0 Å². The number of rotatable bonds is 7. The van der Waals surface area contributed by atoms with E-state index in [1.54, 1.807) is 11.3 Å². The van der Waals surface area contributed by atoms with E-state index in [4.69, 9.17) is 16.3 Å². The van der Waals surface area contributed by atoms with Gasteiger partial charge in [-0.25, -0.2) is 4.98 Å². The lowest BCUT2D eigenvalue weighted by molar-refractivity contribution is 0.322. The van der Waals surface area contributed by atoms with Gasteiger partial charge in [0.05, 0.1) is 22.8 Å². The molecule has 1 saturated carbocycles. The van der Waals surface area contributed by atoms with Gasteiger partial charge < -0.3 is 10.1 Å². The van der Waals surface area contributed by atoms with Crippen LogP contribution in [0.25, 0.3) is 0 Å². The number of halogens is 1. The van der Waals surface area contributed by atoms with Crippen LogP contribution >= 0.6 is 22.9 Å². The fourth-order valence-corrected chi connectivity index (χ4v) is 3.16. The van der Waals surface area contributed by atoms with Crippen molar-refractivity contribution in [3.05, 3.63) is 44.9 Å². The van der Waals surface area contributed by atoms with E-state index in [0.29, 0.717) is 17.7 Å². The predicted octanol–water partition coefficient (Wildman–Crippen LogP) is 3.98. The maximum absolute atomic E-state index is 6.29. The second-order valence-electron chi connectivity index (χ2n) is 5.38. The summed E-state index contributed by atoms with van der Waals surface area (Å²) in [5.41, 5.74) is 4.17. The highest BCUT2D eigenvalue weighted by atomic mass is 35.5. The van der Waals surface area contributed by atoms with Crippen LogP contribution in [0.4, 0.5) is 0 Å². The Morgan fingerprint density at radius 3 is 2.95 bits per heavy atom. The Bertz CT molecular complexity index is 610. The van der Waals surface area contributed by atoms with Gasteiger partial charge in [0.15, 0.2) is 0 Å². The molecule has 112 valence electrons. The summed E-state index contributed by atoms with van der Waals surface area (Å²) < 4.78 is 5.78. The maximum Gasteiger partial charge on any atom is 0.137 e. The number of hydrogen-bond donors (Lipinski definition) is 1. The molecule has 1 aromatic carbocycles. The minimum absolute atomic E-state index is 0.627. The van der Waals surface area contributed by atoms with Crippen LogP contribution in [0.5, 0.6) is 5.75 Å². The lowest BCUT2D eigenvalue weighted by Gasteiger charge is -2.10. The number of thiazole rings is 1. The molecular weight excluding hydrogens is 304 g/mol. The number of aryl methyl sites for hydroxylation is 1. The molecule has 2 aromatic rings. The second kappa shape index (κ2) is 6.77. The largest absolute Gasteiger partial charge is 0.492 e. The van der Waals surface area contributed by atoms with E-state index in [-0.39, 0.29) is 0 Å². The molecule has 3 rings (SSSR count). The van der Waals surface area contributed by atoms with Gasteiger partial charge in [-0.05, 0) is 37.5 Å². The first-order chi connectivity index (χ1) is 10.2. The summed E-state index contributed by atoms with van der Waals surface area (Å²) in [6.45, 7) is 3.54. The molecule has 0 aliphatic heterocycles. The van der Waals surface area contributed by atoms with E-state index in [1.165, 1.54) is 23.3 Å². The standard InChI is InChI=1S/C16H19ClN2OS/c1-11-16(21-10-19-11)6-7-20-15-5-2-12(8-14(15)17)9-18-13-3-4-13/h2,5,8,10,13,18H,3-4,6-7,9H2,1H3. The fraction of sp³-hybridized carbons (Fsp3) is 0.438. The highest BCUT2D eigenvalue weighted by molar-refractivity contribution is 7.09. The normalized spacial score (nSPS) is 14.4. The van der Waals surface area contributed by atoms with E-state index in [1.807, 2.05) is 24.6 Å². The zero-order valence-corrected chi connectivity index (χ0v) is 13.6. The van der Waals surface area contributed by atoms with E-state index < -0.39 is 0 Å². The van der Waals surface area contributed by atoms with Gasteiger partial charge in [0, 0.05) is 23.9 Å². The molecule has 5 heteroatoms. The van der Waals surface area contributed by atoms with Crippen LogP contribution in [0, 0.1) is 6.92 Å². The minimum Gasteiger partial charge on any atom is -0.492 e. The van der Waals surface area contributed by atoms with E-state index >= 15 is 0 Å². The van der Waals surface area contributed by atoms with Gasteiger partial charge in [-0.1, -0.05) is 17.7 Å². The van der Waals surface area contributed by atoms with E-state index in [9.17, 15) is 0 Å². The van der Waals surface area contributed by atoms with E-state index in [2.05, 4.69) is 16.4 Å². The van der Waals surface area contributed by atoms with Crippen molar-refractivity contribution in [2.75, 3.05) is 6.61 Å². The quantitative estimate of drug-likeness (QED) is 0.837. The average molecular weight is 323 g/mol. The third-order valence-electron chi connectivity index (χ3n) is 3.60. The van der Waals surface area contributed by atoms with Gasteiger partial charge in [0.2, 0.25) is 0 Å². The number of nitrogens with zero attached hydrogens (tertiary/aromatic N) is 1. The first-order valence-corrected chi connectivity index (χ1v) is 8.51. The van der Waals surface area contributed by atoms with Gasteiger partial charge in [-0.2, -0.15) is 0 Å². The Labute approximate surface area is 134 Å². The Hall–Kier alpha value is -1.10. The SMILES string of the molecule is Cc1ncsc1CCOc1ccc(CNC2CC2)cc1Cl. The van der Waals surface area contributed by atoms with Crippen molar-refractivity contribution in [1.29, 1.82) is 0 Å². The first kappa shape index (κ1) is 14.8. The van der Waals surface area contributed by atoms with Crippen LogP contribution in [0.3, 0.4) is 0 Å². The monoisotopic (exact) mass is 322 g/mol. The second-order valence-corrected chi connectivity index (χ2v) is 6.73. The molecule has 0 amide bonds. The average Bonchev–Trinajstić information content (AvgIpc) is 3.22. The topological polar surface area (TPSA) is 34.1 Å². The molecule has 0 unspecified atom stereocenters. The van der Waals surface area contributed by atoms with E-state index in [0.717, 1.165) is 24.4 Å². The molecule has 1 heterocycles. The maximum atomic E-state index is 6.29. The van der Waals surface area contributed by atoms with Crippen molar-refractivity contribution in [3.8, 4) is 5.75 Å². The van der Waals surface area contributed by atoms with Crippen LogP contribution in [0.1, 0.15) is 29.0 Å². The van der Waals surface area contributed by atoms with Crippen LogP contribution in [0.15, 0.2) is 23.7 Å². The predicted molar refractivity (Wildman–Crippen MR) is 87.4 cm³/mol. The summed E-state index contributed by atoms with van der Waals surface area (Å²) in [5.74, 6) is 0.758. The molecule has 0 radical (unpaired) electrons. The van der Waals surface area contributed by atoms with Crippen molar-refractivity contribution in [1.82, 2.24) is 10.3 Å². The summed E-state index contributed by atoms with van der Waals surface area (Å²) in [4.78, 5) is 5.52. The smallest absolute Gasteiger partial charge is 0.137 e. The summed E-state index contributed by atoms with van der Waals surface area (Å²) in [7, 11) is 0. The molecule has 0 bridgehead atoms. The van der Waals surface area contributed by atoms with Crippen molar-refractivity contribution >= 4 is 22.9 Å². The highest BCUT2D eigenvalue weighted by Gasteiger charge is 2.20. The zero-order chi connectivity index (χ0) is 14.7. The molecule has 0 saturated heterocycles. The summed E-state index contributed by atoms with van der Waals surface area (Å²) in [6, 6.07) is 6.74. The first-order valence-electron chi connectivity index (χ1n) is 7.26. The molecule has 1 fully saturated rings. The Morgan fingerprint density at radius 1 is 1.43 bits per heavy atom. The van der Waals surface area contributed by atoms with Crippen LogP contribution in [0.2, 0.25) is 5.02 Å². The Kier molecular flexibility index (Phi) is 4.78. The molecule has 21 heavy (non-hydrogen) atoms. The van der Waals surface area contributed by atoms with Gasteiger partial charge in [-0.3, -0.25) is 0 Å². The minimum atomic E-state index is 0.627. The van der Waals surface area contributed by atoms with Gasteiger partial charge in [-0.15, -0.1) is 11.3 Å². The zero-order valence-electron chi connectivity index (χ0n) is 12.1. The Balaban J connectivity index is 1.51. The number of nitrogens with one attached hydrogen (secondary N) is 1. The molecule has 3 nitrogen and oxygen atoms in total. The van der Waals surface area contributed by atoms with Crippen LogP contribution in [-0.4, -0.2) is 17.6 Å². The molecule has 0 spiro atoms. The molecule has 1 aromatic heterocycles. The molecule has 1 N–H and O–H groups in total. The van der Waals surface area contributed by atoms with Crippen molar-refractivity contribution in [2.45, 2.75) is 38.8 Å². The van der Waals surface area contributed by atoms with Crippen molar-refractivity contribution in [2.24, 2.45) is 0 Å². The van der Waals surface area contributed by atoms with Crippen molar-refractivity contribution in [3.63, 3.8) is 0 Å². The number of ether oxygens (including phenoxy) is 1. The molecular formula is C16H19ClN2OS. The fourth-order valence-electron chi connectivity index (χ4n) is 2.14.